The Morgan fingerprint density at radius 2 is 2.15 bits per heavy atom. The van der Waals surface area contributed by atoms with Crippen LogP contribution in [0.4, 0.5) is 5.69 Å². The van der Waals surface area contributed by atoms with Gasteiger partial charge in [0.2, 0.25) is 10.0 Å². The molecule has 0 bridgehead atoms. The van der Waals surface area contributed by atoms with Gasteiger partial charge in [0.15, 0.2) is 0 Å². The highest BCUT2D eigenvalue weighted by atomic mass is 32.2. The Morgan fingerprint density at radius 3 is 2.80 bits per heavy atom. The van der Waals surface area contributed by atoms with Gasteiger partial charge in [0.25, 0.3) is 0 Å². The van der Waals surface area contributed by atoms with E-state index in [1.807, 2.05) is 0 Å². The van der Waals surface area contributed by atoms with Crippen LogP contribution in [0.5, 0.6) is 0 Å². The van der Waals surface area contributed by atoms with Gasteiger partial charge in [-0.05, 0) is 37.5 Å². The molecule has 0 amide bonds. The number of sulfonamides is 1. The van der Waals surface area contributed by atoms with E-state index in [0.717, 1.165) is 12.8 Å². The van der Waals surface area contributed by atoms with Crippen LogP contribution in [0.15, 0.2) is 29.2 Å². The molecule has 1 heterocycles. The summed E-state index contributed by atoms with van der Waals surface area (Å²) in [7, 11) is -2.47. The number of hydrogen-bond donors (Lipinski definition) is 1. The number of nitrogens with zero attached hydrogens (tertiary/aromatic N) is 1. The smallest absolute Gasteiger partial charge is 0.324 e. The third-order valence-corrected chi connectivity index (χ3v) is 5.30. The predicted molar refractivity (Wildman–Crippen MR) is 74.4 cm³/mol. The molecule has 2 N–H and O–H groups in total. The Morgan fingerprint density at radius 1 is 1.40 bits per heavy atom. The van der Waals surface area contributed by atoms with Gasteiger partial charge in [-0.2, -0.15) is 4.31 Å². The van der Waals surface area contributed by atoms with Crippen molar-refractivity contribution in [2.24, 2.45) is 0 Å². The number of piperidine rings is 1. The Balaban J connectivity index is 2.38. The molecule has 1 aromatic rings. The standard InChI is InChI=1S/C13H18N2O4S/c1-19-13(16)12-7-2-3-8-15(12)20(17,18)11-6-4-5-10(14)9-11/h4-6,9,12H,2-3,7-8,14H2,1H3. The first-order chi connectivity index (χ1) is 9.46. The van der Waals surface area contributed by atoms with E-state index in [1.165, 1.54) is 23.5 Å². The number of ether oxygens (including phenoxy) is 1. The van der Waals surface area contributed by atoms with Crippen LogP contribution in [0.25, 0.3) is 0 Å². The fourth-order valence-corrected chi connectivity index (χ4v) is 4.08. The number of carbonyl (C=O) groups excluding carboxylic acids is 1. The third-order valence-electron chi connectivity index (χ3n) is 3.39. The number of carbonyl (C=O) groups is 1. The Hall–Kier alpha value is -1.60. The van der Waals surface area contributed by atoms with E-state index < -0.39 is 22.0 Å². The van der Waals surface area contributed by atoms with Gasteiger partial charge in [-0.25, -0.2) is 8.42 Å². The molecule has 0 radical (unpaired) electrons. The van der Waals surface area contributed by atoms with Crippen molar-refractivity contribution in [3.63, 3.8) is 0 Å². The minimum Gasteiger partial charge on any atom is -0.468 e. The minimum atomic E-state index is -3.74. The van der Waals surface area contributed by atoms with Gasteiger partial charge in [-0.1, -0.05) is 6.07 Å². The number of esters is 1. The van der Waals surface area contributed by atoms with E-state index in [-0.39, 0.29) is 4.90 Å². The summed E-state index contributed by atoms with van der Waals surface area (Å²) in [5.41, 5.74) is 6.00. The molecule has 20 heavy (non-hydrogen) atoms. The van der Waals surface area contributed by atoms with E-state index in [0.29, 0.717) is 18.7 Å². The number of nitrogens with two attached hydrogens (primary N) is 1. The van der Waals surface area contributed by atoms with Gasteiger partial charge >= 0.3 is 5.97 Å². The molecule has 0 aromatic heterocycles. The lowest BCUT2D eigenvalue weighted by Crippen LogP contribution is -2.48. The molecular formula is C13H18N2O4S. The van der Waals surface area contributed by atoms with Crippen LogP contribution in [0.1, 0.15) is 19.3 Å². The summed E-state index contributed by atoms with van der Waals surface area (Å²) in [6, 6.07) is 5.33. The third kappa shape index (κ3) is 2.78. The highest BCUT2D eigenvalue weighted by Crippen LogP contribution is 2.26. The fourth-order valence-electron chi connectivity index (χ4n) is 2.37. The average molecular weight is 298 g/mol. The zero-order chi connectivity index (χ0) is 14.8. The van der Waals surface area contributed by atoms with Crippen molar-refractivity contribution in [3.8, 4) is 0 Å². The largest absolute Gasteiger partial charge is 0.468 e. The summed E-state index contributed by atoms with van der Waals surface area (Å²) >= 11 is 0. The molecule has 1 atom stereocenters. The fraction of sp³-hybridized carbons (Fsp3) is 0.462. The summed E-state index contributed by atoms with van der Waals surface area (Å²) in [6.07, 6.45) is 2.02. The summed E-state index contributed by atoms with van der Waals surface area (Å²) in [6.45, 7) is 0.316. The summed E-state index contributed by atoms with van der Waals surface area (Å²) in [4.78, 5) is 11.9. The van der Waals surface area contributed by atoms with Crippen LogP contribution < -0.4 is 5.73 Å². The number of benzene rings is 1. The summed E-state index contributed by atoms with van der Waals surface area (Å²) in [5.74, 6) is -0.517. The summed E-state index contributed by atoms with van der Waals surface area (Å²) in [5, 5.41) is 0. The van der Waals surface area contributed by atoms with Crippen LogP contribution in [-0.4, -0.2) is 38.4 Å². The molecule has 6 nitrogen and oxygen atoms in total. The first-order valence-electron chi connectivity index (χ1n) is 6.42. The lowest BCUT2D eigenvalue weighted by Gasteiger charge is -2.32. The van der Waals surface area contributed by atoms with Gasteiger partial charge in [0.05, 0.1) is 12.0 Å². The maximum Gasteiger partial charge on any atom is 0.324 e. The van der Waals surface area contributed by atoms with Crippen molar-refractivity contribution >= 4 is 21.7 Å². The monoisotopic (exact) mass is 298 g/mol. The number of hydrogen-bond acceptors (Lipinski definition) is 5. The van der Waals surface area contributed by atoms with E-state index in [4.69, 9.17) is 10.5 Å². The van der Waals surface area contributed by atoms with Crippen LogP contribution >= 0.6 is 0 Å². The molecule has 2 rings (SSSR count). The molecular weight excluding hydrogens is 280 g/mol. The van der Waals surface area contributed by atoms with E-state index in [1.54, 1.807) is 12.1 Å². The van der Waals surface area contributed by atoms with Crippen molar-refractivity contribution in [3.05, 3.63) is 24.3 Å². The lowest BCUT2D eigenvalue weighted by atomic mass is 10.1. The lowest BCUT2D eigenvalue weighted by molar-refractivity contribution is -0.146. The van der Waals surface area contributed by atoms with Crippen molar-refractivity contribution in [2.45, 2.75) is 30.2 Å². The highest BCUT2D eigenvalue weighted by molar-refractivity contribution is 7.89. The first-order valence-corrected chi connectivity index (χ1v) is 7.86. The normalized spacial score (nSPS) is 20.6. The number of methoxy groups -OCH3 is 1. The SMILES string of the molecule is COC(=O)C1CCCCN1S(=O)(=O)c1cccc(N)c1. The first kappa shape index (κ1) is 14.8. The van der Waals surface area contributed by atoms with Crippen LogP contribution in [0, 0.1) is 0 Å². The van der Waals surface area contributed by atoms with E-state index >= 15 is 0 Å². The Labute approximate surface area is 118 Å². The molecule has 1 unspecified atom stereocenters. The molecule has 7 heteroatoms. The van der Waals surface area contributed by atoms with Gasteiger partial charge in [0.1, 0.15) is 6.04 Å². The van der Waals surface area contributed by atoms with Crippen LogP contribution in [0.2, 0.25) is 0 Å². The van der Waals surface area contributed by atoms with Gasteiger partial charge in [-0.15, -0.1) is 0 Å². The zero-order valence-corrected chi connectivity index (χ0v) is 12.1. The van der Waals surface area contributed by atoms with Gasteiger partial charge in [0, 0.05) is 12.2 Å². The average Bonchev–Trinajstić information content (AvgIpc) is 2.46. The quantitative estimate of drug-likeness (QED) is 0.664. The molecule has 1 fully saturated rings. The van der Waals surface area contributed by atoms with E-state index in [9.17, 15) is 13.2 Å². The molecule has 0 saturated carbocycles. The minimum absolute atomic E-state index is 0.105. The highest BCUT2D eigenvalue weighted by Gasteiger charge is 2.38. The predicted octanol–water partition coefficient (Wildman–Crippen LogP) is 0.985. The second-order valence-electron chi connectivity index (χ2n) is 4.72. The maximum atomic E-state index is 12.6. The Kier molecular flexibility index (Phi) is 4.29. The van der Waals surface area contributed by atoms with Crippen LogP contribution in [-0.2, 0) is 19.6 Å². The van der Waals surface area contributed by atoms with Crippen molar-refractivity contribution < 1.29 is 17.9 Å². The summed E-state index contributed by atoms with van der Waals surface area (Å²) < 4.78 is 31.2. The molecule has 0 aliphatic carbocycles. The number of anilines is 1. The second-order valence-corrected chi connectivity index (χ2v) is 6.61. The molecule has 1 saturated heterocycles. The van der Waals surface area contributed by atoms with Crippen LogP contribution in [0.3, 0.4) is 0 Å². The molecule has 0 spiro atoms. The zero-order valence-electron chi connectivity index (χ0n) is 11.3. The van der Waals surface area contributed by atoms with E-state index in [2.05, 4.69) is 0 Å². The van der Waals surface area contributed by atoms with Crippen molar-refractivity contribution in [1.29, 1.82) is 0 Å². The van der Waals surface area contributed by atoms with Gasteiger partial charge < -0.3 is 10.5 Å². The molecule has 1 aliphatic rings. The second kappa shape index (κ2) is 5.80. The van der Waals surface area contributed by atoms with Gasteiger partial charge in [-0.3, -0.25) is 4.79 Å². The topological polar surface area (TPSA) is 89.7 Å². The molecule has 110 valence electrons. The number of nitrogen functional groups attached to an aromatic ring is 1. The number of rotatable bonds is 3. The van der Waals surface area contributed by atoms with Crippen molar-refractivity contribution in [2.75, 3.05) is 19.4 Å². The van der Waals surface area contributed by atoms with Crippen molar-refractivity contribution in [1.82, 2.24) is 4.31 Å². The molecule has 1 aliphatic heterocycles. The Bertz CT molecular complexity index is 600. The molecule has 1 aromatic carbocycles. The maximum absolute atomic E-state index is 12.6.